The van der Waals surface area contributed by atoms with Gasteiger partial charge in [-0.15, -0.1) is 6.58 Å². The number of alkyl halides is 1. The smallest absolute Gasteiger partial charge is 0.329 e. The molecule has 1 aromatic rings. The van der Waals surface area contributed by atoms with E-state index in [1.807, 2.05) is 6.08 Å². The van der Waals surface area contributed by atoms with Crippen molar-refractivity contribution < 1.29 is 72.2 Å². The Balaban J connectivity index is 1.49. The number of piperidine rings is 1. The number of allylic oxidation sites excluding steroid dienone is 3. The molecule has 2 saturated heterocycles. The molecular weight excluding hydrogens is 946 g/mol. The number of aliphatic hydroxyl groups excluding tert-OH is 1. The van der Waals surface area contributed by atoms with Gasteiger partial charge in [0.1, 0.15) is 36.2 Å². The number of aliphatic carboxylic acids is 1. The molecular formula is C55H80FN3O14. The van der Waals surface area contributed by atoms with E-state index in [9.17, 15) is 44.1 Å². The van der Waals surface area contributed by atoms with Gasteiger partial charge >= 0.3 is 11.9 Å². The van der Waals surface area contributed by atoms with Crippen LogP contribution in [0.3, 0.4) is 0 Å². The number of nitrogens with one attached hydrogen (secondary N) is 1. The number of carbonyl (C=O) groups excluding carboxylic acids is 5. The zero-order valence-electron chi connectivity index (χ0n) is 43.8. The molecule has 3 fully saturated rings. The van der Waals surface area contributed by atoms with E-state index in [2.05, 4.69) is 11.9 Å². The number of carboxylic acids is 1. The first-order chi connectivity index (χ1) is 34.6. The lowest BCUT2D eigenvalue weighted by Gasteiger charge is -2.47. The number of carboxylic acid groups (broad SMARTS) is 1. The van der Waals surface area contributed by atoms with Crippen LogP contribution in [0.15, 0.2) is 60.2 Å². The molecule has 0 radical (unpaired) electrons. The van der Waals surface area contributed by atoms with Crippen LogP contribution in [-0.4, -0.2) is 150 Å². The summed E-state index contributed by atoms with van der Waals surface area (Å²) in [5.74, 6) is -11.3. The number of amides is 2. The Labute approximate surface area is 429 Å². The van der Waals surface area contributed by atoms with Crippen molar-refractivity contribution in [3.05, 3.63) is 71.3 Å². The highest BCUT2D eigenvalue weighted by atomic mass is 19.1. The minimum atomic E-state index is -2.66. The largest absolute Gasteiger partial charge is 0.480 e. The molecule has 17 nitrogen and oxygen atoms in total. The minimum Gasteiger partial charge on any atom is -0.480 e. The van der Waals surface area contributed by atoms with Crippen molar-refractivity contribution in [3.8, 4) is 0 Å². The highest BCUT2D eigenvalue weighted by Crippen LogP contribution is 2.40. The molecule has 15 unspecified atom stereocenters. The number of nitrogens with zero attached hydrogens (tertiary/aromatic N) is 1. The van der Waals surface area contributed by atoms with Gasteiger partial charge in [-0.2, -0.15) is 0 Å². The number of aliphatic hydroxyl groups is 2. The lowest BCUT2D eigenvalue weighted by Crippen LogP contribution is -2.64. The number of ketones is 2. The topological polar surface area (TPSA) is 251 Å². The van der Waals surface area contributed by atoms with E-state index in [0.29, 0.717) is 60.8 Å². The van der Waals surface area contributed by atoms with Crippen LogP contribution in [0.4, 0.5) is 4.39 Å². The van der Waals surface area contributed by atoms with Crippen molar-refractivity contribution in [1.82, 2.24) is 10.2 Å². The van der Waals surface area contributed by atoms with Gasteiger partial charge in [0.05, 0.1) is 37.1 Å². The standard InChI is InChI=1S/C55H80FN3O14/c1-10-22-71-44-27-35(19-20-40(44)58-51(63)38-17-13-12-16-37(38)28-39(57)53(65)66)23-32(5)48-34(7)42(60)29-43(61)36(11-2)24-30(3)47(56)31(4)25-45(69-8)49-46(70-9)26-33(6)55(68,73-49)50(62)52(64)59-21-15-14-18-41(59)54(67)72-48/h10,12-13,16-17,23-24,31,33-36,39-42,44-49,60,68H,1,11,14-15,18-22,25-29,57H2,2-9H3,(H,58,63)(H,65,66)/t31?,33?,34?,35?,36?,39-,40?,41?,42?,44?,45?,46?,47?,48?,49?,55?/m0/s1. The van der Waals surface area contributed by atoms with E-state index in [0.717, 1.165) is 4.90 Å². The first-order valence-corrected chi connectivity index (χ1v) is 25.9. The zero-order chi connectivity index (χ0) is 53.9. The number of Topliss-reactive ketones (excluding diaryl/α,β-unsaturated/α-hetero) is 2. The number of carbonyl (C=O) groups is 6. The van der Waals surface area contributed by atoms with E-state index < -0.39 is 120 Å². The Kier molecular flexibility index (Phi) is 21.6. The first-order valence-electron chi connectivity index (χ1n) is 25.9. The summed E-state index contributed by atoms with van der Waals surface area (Å²) in [5, 5.41) is 36.6. The molecule has 5 rings (SSSR count). The van der Waals surface area contributed by atoms with Crippen molar-refractivity contribution in [2.24, 2.45) is 35.3 Å². The number of fused-ring (bicyclic) bond motifs is 3. The zero-order valence-corrected chi connectivity index (χ0v) is 43.8. The van der Waals surface area contributed by atoms with E-state index in [4.69, 9.17) is 29.4 Å². The van der Waals surface area contributed by atoms with Crippen molar-refractivity contribution in [3.63, 3.8) is 0 Å². The predicted octanol–water partition coefficient (Wildman–Crippen LogP) is 5.37. The predicted molar refractivity (Wildman–Crippen MR) is 268 cm³/mol. The summed E-state index contributed by atoms with van der Waals surface area (Å²) < 4.78 is 46.8. The fourth-order valence-corrected chi connectivity index (χ4v) is 11.1. The van der Waals surface area contributed by atoms with Gasteiger partial charge in [0, 0.05) is 50.5 Å². The van der Waals surface area contributed by atoms with Crippen molar-refractivity contribution in [2.75, 3.05) is 27.4 Å². The van der Waals surface area contributed by atoms with Gasteiger partial charge in [0.2, 0.25) is 5.79 Å². The summed E-state index contributed by atoms with van der Waals surface area (Å²) in [5.41, 5.74) is 7.44. The Hall–Kier alpha value is -4.69. The number of cyclic esters (lactones) is 1. The number of ether oxygens (including phenoxy) is 5. The number of esters is 1. The van der Waals surface area contributed by atoms with Crippen molar-refractivity contribution in [2.45, 2.75) is 179 Å². The normalized spacial score (nSPS) is 35.2. The summed E-state index contributed by atoms with van der Waals surface area (Å²) in [4.78, 5) is 83.9. The molecule has 6 N–H and O–H groups in total. The maximum absolute atomic E-state index is 16.4. The molecule has 4 aliphatic rings. The number of hydrogen-bond donors (Lipinski definition) is 5. The number of methoxy groups -OCH3 is 2. The second kappa shape index (κ2) is 26.7. The van der Waals surface area contributed by atoms with Crippen LogP contribution in [0.5, 0.6) is 0 Å². The third kappa shape index (κ3) is 14.4. The number of benzene rings is 1. The van der Waals surface area contributed by atoms with Crippen LogP contribution in [0.1, 0.15) is 122 Å². The van der Waals surface area contributed by atoms with Gasteiger partial charge in [0.15, 0.2) is 0 Å². The van der Waals surface area contributed by atoms with E-state index >= 15 is 4.39 Å². The van der Waals surface area contributed by atoms with Crippen LogP contribution in [0.2, 0.25) is 0 Å². The average molecular weight is 1030 g/mol. The Bertz CT molecular complexity index is 2190. The summed E-state index contributed by atoms with van der Waals surface area (Å²) in [6.45, 7) is 14.0. The lowest BCUT2D eigenvalue weighted by molar-refractivity contribution is -0.302. The fraction of sp³-hybridized carbons (Fsp3) is 0.673. The molecule has 1 saturated carbocycles. The minimum absolute atomic E-state index is 0.000710. The van der Waals surface area contributed by atoms with E-state index in [-0.39, 0.29) is 57.0 Å². The lowest BCUT2D eigenvalue weighted by atomic mass is 9.80. The molecule has 18 heteroatoms. The van der Waals surface area contributed by atoms with E-state index in [1.54, 1.807) is 78.0 Å². The van der Waals surface area contributed by atoms with Gasteiger partial charge in [0.25, 0.3) is 17.6 Å². The molecule has 0 spiro atoms. The highest BCUT2D eigenvalue weighted by Gasteiger charge is 2.57. The molecule has 2 amide bonds. The number of rotatable bonds is 13. The molecule has 406 valence electrons. The first kappa shape index (κ1) is 59.2. The number of halogens is 1. The van der Waals surface area contributed by atoms with Gasteiger partial charge < -0.3 is 55.0 Å². The van der Waals surface area contributed by atoms with Gasteiger partial charge in [-0.25, -0.2) is 9.18 Å². The quantitative estimate of drug-likeness (QED) is 0.0947. The van der Waals surface area contributed by atoms with Crippen molar-refractivity contribution in [1.29, 1.82) is 0 Å². The SMILES string of the molecule is C=CCOC1CC(C=C(C)C2OC(=O)C3CCCCN3C(=O)C(=O)C3(O)OC(C(OC)CC(C)C(F)C(C)=CC(CC)C(=O)CC(O)C2C)C(OC)CC3C)CCC1NC(=O)c1ccccc1C[C@H](N)C(=O)O. The Morgan fingerprint density at radius 1 is 1.03 bits per heavy atom. The molecule has 1 aliphatic carbocycles. The van der Waals surface area contributed by atoms with Gasteiger partial charge in [-0.05, 0) is 113 Å². The average Bonchev–Trinajstić information content (AvgIpc) is 3.37. The van der Waals surface area contributed by atoms with Crippen LogP contribution in [-0.2, 0) is 54.1 Å². The van der Waals surface area contributed by atoms with Crippen LogP contribution >= 0.6 is 0 Å². The summed E-state index contributed by atoms with van der Waals surface area (Å²) >= 11 is 0. The third-order valence-corrected chi connectivity index (χ3v) is 15.6. The summed E-state index contributed by atoms with van der Waals surface area (Å²) in [7, 11) is 2.85. The fourth-order valence-electron chi connectivity index (χ4n) is 11.1. The Morgan fingerprint density at radius 2 is 1.71 bits per heavy atom. The molecule has 3 aliphatic heterocycles. The maximum atomic E-state index is 16.4. The number of hydrogen-bond acceptors (Lipinski definition) is 14. The molecule has 16 atom stereocenters. The molecule has 0 aromatic heterocycles. The highest BCUT2D eigenvalue weighted by molar-refractivity contribution is 6.39. The van der Waals surface area contributed by atoms with E-state index in [1.165, 1.54) is 14.2 Å². The summed E-state index contributed by atoms with van der Waals surface area (Å²) in [6, 6.07) is 3.76. The molecule has 2 bridgehead atoms. The summed E-state index contributed by atoms with van der Waals surface area (Å²) in [6.07, 6.45) is 0.431. The Morgan fingerprint density at radius 3 is 2.37 bits per heavy atom. The van der Waals surface area contributed by atoms with Crippen LogP contribution < -0.4 is 11.1 Å². The molecule has 73 heavy (non-hydrogen) atoms. The van der Waals surface area contributed by atoms with Crippen LogP contribution in [0, 0.1) is 29.6 Å². The third-order valence-electron chi connectivity index (χ3n) is 15.6. The van der Waals surface area contributed by atoms with Crippen LogP contribution in [0.25, 0.3) is 0 Å². The second-order valence-electron chi connectivity index (χ2n) is 20.8. The van der Waals surface area contributed by atoms with Gasteiger partial charge in [-0.3, -0.25) is 24.0 Å². The van der Waals surface area contributed by atoms with Gasteiger partial charge in [-0.1, -0.05) is 64.1 Å². The second-order valence-corrected chi connectivity index (χ2v) is 20.8. The molecule has 3 heterocycles. The van der Waals surface area contributed by atoms with Crippen molar-refractivity contribution >= 4 is 35.3 Å². The number of nitrogens with two attached hydrogens (primary N) is 1. The molecule has 1 aromatic carbocycles. The maximum Gasteiger partial charge on any atom is 0.329 e. The monoisotopic (exact) mass is 1030 g/mol.